The topological polar surface area (TPSA) is 63.5 Å². The molecule has 27 heavy (non-hydrogen) atoms. The van der Waals surface area contributed by atoms with Crippen LogP contribution in [0.3, 0.4) is 0 Å². The maximum Gasteiger partial charge on any atom is 0.261 e. The molecule has 0 unspecified atom stereocenters. The number of pyridine rings is 1. The molecule has 0 atom stereocenters. The van der Waals surface area contributed by atoms with E-state index in [1.165, 1.54) is 0 Å². The fourth-order valence-electron chi connectivity index (χ4n) is 2.96. The summed E-state index contributed by atoms with van der Waals surface area (Å²) in [5.74, 6) is 0. The van der Waals surface area contributed by atoms with Crippen molar-refractivity contribution in [2.24, 2.45) is 0 Å². The first kappa shape index (κ1) is 17.3. The van der Waals surface area contributed by atoms with Gasteiger partial charge in [-0.15, -0.1) is 0 Å². The average molecular weight is 377 g/mol. The van der Waals surface area contributed by atoms with Crippen molar-refractivity contribution in [2.75, 3.05) is 4.72 Å². The molecule has 0 aliphatic heterocycles. The number of fused-ring (bicyclic) bond motifs is 1. The molecule has 0 fully saturated rings. The van der Waals surface area contributed by atoms with Crippen LogP contribution in [0.2, 0.25) is 0 Å². The molecule has 5 nitrogen and oxygen atoms in total. The predicted molar refractivity (Wildman–Crippen MR) is 107 cm³/mol. The van der Waals surface area contributed by atoms with Crippen molar-refractivity contribution in [1.82, 2.24) is 9.38 Å². The Hall–Kier alpha value is -3.12. The molecule has 0 amide bonds. The zero-order valence-electron chi connectivity index (χ0n) is 15.0. The van der Waals surface area contributed by atoms with E-state index in [0.29, 0.717) is 5.69 Å². The highest BCUT2D eigenvalue weighted by atomic mass is 32.2. The van der Waals surface area contributed by atoms with Crippen LogP contribution in [0.5, 0.6) is 0 Å². The number of aromatic nitrogens is 2. The van der Waals surface area contributed by atoms with Crippen molar-refractivity contribution >= 4 is 21.4 Å². The van der Waals surface area contributed by atoms with Gasteiger partial charge in [-0.1, -0.05) is 24.3 Å². The fraction of sp³-hybridized carbons (Fsp3) is 0.0952. The minimum Gasteiger partial charge on any atom is -0.306 e. The van der Waals surface area contributed by atoms with Crippen LogP contribution in [0.1, 0.15) is 11.1 Å². The zero-order chi connectivity index (χ0) is 19.0. The van der Waals surface area contributed by atoms with Gasteiger partial charge in [0.25, 0.3) is 10.0 Å². The summed E-state index contributed by atoms with van der Waals surface area (Å²) in [4.78, 5) is 4.88. The van der Waals surface area contributed by atoms with E-state index in [2.05, 4.69) is 9.71 Å². The van der Waals surface area contributed by atoms with Gasteiger partial charge >= 0.3 is 0 Å². The Morgan fingerprint density at radius 1 is 0.926 bits per heavy atom. The molecule has 0 aliphatic carbocycles. The molecule has 0 radical (unpaired) electrons. The number of hydrogen-bond donors (Lipinski definition) is 1. The van der Waals surface area contributed by atoms with Gasteiger partial charge in [-0.05, 0) is 61.4 Å². The van der Waals surface area contributed by atoms with Gasteiger partial charge in [0.1, 0.15) is 5.65 Å². The Balaban J connectivity index is 1.67. The van der Waals surface area contributed by atoms with E-state index in [4.69, 9.17) is 0 Å². The van der Waals surface area contributed by atoms with Crippen LogP contribution in [0.25, 0.3) is 16.9 Å². The van der Waals surface area contributed by atoms with E-state index in [9.17, 15) is 8.42 Å². The minimum absolute atomic E-state index is 0.246. The number of nitrogens with one attached hydrogen (secondary N) is 1. The second kappa shape index (κ2) is 6.55. The molecule has 4 aromatic rings. The lowest BCUT2D eigenvalue weighted by Gasteiger charge is -2.09. The third-order valence-corrected chi connectivity index (χ3v) is 5.71. The lowest BCUT2D eigenvalue weighted by molar-refractivity contribution is 0.601. The molecule has 2 aromatic heterocycles. The van der Waals surface area contributed by atoms with Crippen molar-refractivity contribution in [1.29, 1.82) is 0 Å². The summed E-state index contributed by atoms with van der Waals surface area (Å²) in [6, 6.07) is 18.1. The Morgan fingerprint density at radius 3 is 2.52 bits per heavy atom. The lowest BCUT2D eigenvalue weighted by Crippen LogP contribution is -2.13. The predicted octanol–water partition coefficient (Wildman–Crippen LogP) is 4.42. The van der Waals surface area contributed by atoms with Gasteiger partial charge in [0, 0.05) is 23.6 Å². The summed E-state index contributed by atoms with van der Waals surface area (Å²) >= 11 is 0. The highest BCUT2D eigenvalue weighted by Gasteiger charge is 2.15. The van der Waals surface area contributed by atoms with Gasteiger partial charge in [-0.2, -0.15) is 0 Å². The van der Waals surface area contributed by atoms with E-state index < -0.39 is 10.0 Å². The number of nitrogens with zero attached hydrogens (tertiary/aromatic N) is 2. The molecular weight excluding hydrogens is 358 g/mol. The maximum atomic E-state index is 12.6. The van der Waals surface area contributed by atoms with Gasteiger partial charge in [0.2, 0.25) is 0 Å². The molecule has 4 rings (SSSR count). The van der Waals surface area contributed by atoms with Crippen LogP contribution >= 0.6 is 0 Å². The second-order valence-electron chi connectivity index (χ2n) is 6.60. The van der Waals surface area contributed by atoms with E-state index >= 15 is 0 Å². The summed E-state index contributed by atoms with van der Waals surface area (Å²) in [7, 11) is -3.64. The minimum atomic E-state index is -3.64. The van der Waals surface area contributed by atoms with E-state index in [1.807, 2.05) is 61.0 Å². The number of hydrogen-bond acceptors (Lipinski definition) is 3. The van der Waals surface area contributed by atoms with Gasteiger partial charge in [-0.25, -0.2) is 13.4 Å². The third-order valence-electron chi connectivity index (χ3n) is 4.33. The SMILES string of the molecule is Cc1cccc(S(=O)(=O)Nc2cccc(-c3cn4ccc(C)cc4n3)c2)c1. The quantitative estimate of drug-likeness (QED) is 0.573. The number of anilines is 1. The first-order chi connectivity index (χ1) is 12.9. The van der Waals surface area contributed by atoms with Crippen LogP contribution in [0.15, 0.2) is 78.0 Å². The van der Waals surface area contributed by atoms with Crippen molar-refractivity contribution in [3.63, 3.8) is 0 Å². The lowest BCUT2D eigenvalue weighted by atomic mass is 10.1. The van der Waals surface area contributed by atoms with Crippen LogP contribution in [-0.4, -0.2) is 17.8 Å². The second-order valence-corrected chi connectivity index (χ2v) is 8.28. The molecule has 6 heteroatoms. The maximum absolute atomic E-state index is 12.6. The molecule has 0 aliphatic rings. The number of aryl methyl sites for hydroxylation is 2. The Bertz CT molecular complexity index is 1240. The molecule has 1 N–H and O–H groups in total. The largest absolute Gasteiger partial charge is 0.306 e. The third kappa shape index (κ3) is 3.57. The first-order valence-electron chi connectivity index (χ1n) is 8.56. The Kier molecular flexibility index (Phi) is 4.20. The molecule has 0 saturated carbocycles. The summed E-state index contributed by atoms with van der Waals surface area (Å²) in [6.45, 7) is 3.89. The molecule has 0 spiro atoms. The monoisotopic (exact) mass is 377 g/mol. The molecule has 136 valence electrons. The van der Waals surface area contributed by atoms with E-state index in [1.54, 1.807) is 30.3 Å². The molecule has 2 aromatic carbocycles. The van der Waals surface area contributed by atoms with Crippen molar-refractivity contribution < 1.29 is 8.42 Å². The van der Waals surface area contributed by atoms with Crippen LogP contribution < -0.4 is 4.72 Å². The standard InChI is InChI=1S/C21H19N3O2S/c1-15-5-3-8-19(11-15)27(25,26)23-18-7-4-6-17(13-18)20-14-24-10-9-16(2)12-21(24)22-20/h3-14,23H,1-2H3. The van der Waals surface area contributed by atoms with Crippen LogP contribution in [0.4, 0.5) is 5.69 Å². The number of rotatable bonds is 4. The molecule has 2 heterocycles. The van der Waals surface area contributed by atoms with Gasteiger partial charge in [0.15, 0.2) is 0 Å². The van der Waals surface area contributed by atoms with Crippen LogP contribution in [-0.2, 0) is 10.0 Å². The van der Waals surface area contributed by atoms with Gasteiger partial charge in [0.05, 0.1) is 10.6 Å². The van der Waals surface area contributed by atoms with E-state index in [0.717, 1.165) is 28.0 Å². The number of imidazole rings is 1. The summed E-state index contributed by atoms with van der Waals surface area (Å²) in [5.41, 5.74) is 5.03. The van der Waals surface area contributed by atoms with Gasteiger partial charge in [-0.3, -0.25) is 4.72 Å². The van der Waals surface area contributed by atoms with Crippen molar-refractivity contribution in [3.8, 4) is 11.3 Å². The smallest absolute Gasteiger partial charge is 0.261 e. The van der Waals surface area contributed by atoms with Crippen LogP contribution in [0, 0.1) is 13.8 Å². The van der Waals surface area contributed by atoms with E-state index in [-0.39, 0.29) is 4.90 Å². The first-order valence-corrected chi connectivity index (χ1v) is 10.0. The number of sulfonamides is 1. The highest BCUT2D eigenvalue weighted by Crippen LogP contribution is 2.24. The highest BCUT2D eigenvalue weighted by molar-refractivity contribution is 7.92. The average Bonchev–Trinajstić information content (AvgIpc) is 3.05. The Labute approximate surface area is 158 Å². The Morgan fingerprint density at radius 2 is 1.70 bits per heavy atom. The molecular formula is C21H19N3O2S. The fourth-order valence-corrected chi connectivity index (χ4v) is 4.12. The summed E-state index contributed by atoms with van der Waals surface area (Å²) in [5, 5.41) is 0. The molecule has 0 saturated heterocycles. The van der Waals surface area contributed by atoms with Crippen molar-refractivity contribution in [2.45, 2.75) is 18.7 Å². The molecule has 0 bridgehead atoms. The summed E-state index contributed by atoms with van der Waals surface area (Å²) < 4.78 is 29.9. The normalized spacial score (nSPS) is 11.6. The summed E-state index contributed by atoms with van der Waals surface area (Å²) in [6.07, 6.45) is 3.90. The van der Waals surface area contributed by atoms with Gasteiger partial charge < -0.3 is 4.40 Å². The number of benzene rings is 2. The van der Waals surface area contributed by atoms with Crippen molar-refractivity contribution in [3.05, 3.63) is 84.2 Å². The zero-order valence-corrected chi connectivity index (χ0v) is 15.9.